The van der Waals surface area contributed by atoms with Crippen molar-refractivity contribution in [3.63, 3.8) is 0 Å². The van der Waals surface area contributed by atoms with Crippen molar-refractivity contribution in [3.05, 3.63) is 53.1 Å². The summed E-state index contributed by atoms with van der Waals surface area (Å²) in [7, 11) is 4.12. The van der Waals surface area contributed by atoms with Crippen molar-refractivity contribution in [3.8, 4) is 0 Å². The summed E-state index contributed by atoms with van der Waals surface area (Å²) in [6.45, 7) is 5.71. The summed E-state index contributed by atoms with van der Waals surface area (Å²) in [5, 5.41) is 0. The molecule has 0 spiro atoms. The van der Waals surface area contributed by atoms with Crippen LogP contribution in [0.4, 0.5) is 0 Å². The van der Waals surface area contributed by atoms with Crippen LogP contribution in [0.3, 0.4) is 0 Å². The van der Waals surface area contributed by atoms with Crippen molar-refractivity contribution in [2.45, 2.75) is 26.4 Å². The molecule has 2 aromatic rings. The van der Waals surface area contributed by atoms with E-state index in [1.165, 1.54) is 16.7 Å². The molecule has 1 aromatic heterocycles. The Morgan fingerprint density at radius 3 is 2.70 bits per heavy atom. The third kappa shape index (κ3) is 2.92. The average Bonchev–Trinajstić information content (AvgIpc) is 2.81. The van der Waals surface area contributed by atoms with Crippen LogP contribution in [0, 0.1) is 13.8 Å². The number of nitrogens with two attached hydrogens (primary N) is 1. The molecule has 1 heterocycles. The molecule has 0 aliphatic heterocycles. The first-order chi connectivity index (χ1) is 9.54. The van der Waals surface area contributed by atoms with E-state index < -0.39 is 0 Å². The quantitative estimate of drug-likeness (QED) is 0.907. The molecular formula is C16H24N4. The average molecular weight is 272 g/mol. The summed E-state index contributed by atoms with van der Waals surface area (Å²) in [6.07, 6.45) is 3.80. The fourth-order valence-electron chi connectivity index (χ4n) is 2.56. The molecule has 108 valence electrons. The van der Waals surface area contributed by atoms with E-state index in [1.807, 2.05) is 24.0 Å². The van der Waals surface area contributed by atoms with Crippen LogP contribution >= 0.6 is 0 Å². The predicted molar refractivity (Wildman–Crippen MR) is 82.4 cm³/mol. The summed E-state index contributed by atoms with van der Waals surface area (Å²) < 4.78 is 2.05. The minimum Gasteiger partial charge on any atom is -0.337 e. The van der Waals surface area contributed by atoms with Gasteiger partial charge in [-0.1, -0.05) is 18.2 Å². The maximum Gasteiger partial charge on any atom is 0.122 e. The largest absolute Gasteiger partial charge is 0.337 e. The topological polar surface area (TPSA) is 47.1 Å². The van der Waals surface area contributed by atoms with Crippen molar-refractivity contribution in [2.75, 3.05) is 13.6 Å². The van der Waals surface area contributed by atoms with Crippen LogP contribution in [-0.4, -0.2) is 28.0 Å². The van der Waals surface area contributed by atoms with E-state index in [-0.39, 0.29) is 6.04 Å². The molecule has 0 radical (unpaired) electrons. The molecule has 1 unspecified atom stereocenters. The lowest BCUT2D eigenvalue weighted by Gasteiger charge is -2.28. The number of benzene rings is 1. The van der Waals surface area contributed by atoms with Gasteiger partial charge in [0, 0.05) is 32.0 Å². The molecule has 0 saturated heterocycles. The smallest absolute Gasteiger partial charge is 0.122 e. The summed E-state index contributed by atoms with van der Waals surface area (Å²) in [5.41, 5.74) is 9.97. The number of hydrogen-bond acceptors (Lipinski definition) is 3. The molecule has 4 nitrogen and oxygen atoms in total. The van der Waals surface area contributed by atoms with Crippen LogP contribution in [0.15, 0.2) is 30.6 Å². The van der Waals surface area contributed by atoms with Gasteiger partial charge in [-0.15, -0.1) is 0 Å². The maximum atomic E-state index is 6.02. The summed E-state index contributed by atoms with van der Waals surface area (Å²) in [5.74, 6) is 1.05. The first-order valence-electron chi connectivity index (χ1n) is 6.97. The zero-order valence-corrected chi connectivity index (χ0v) is 12.8. The number of rotatable bonds is 5. The van der Waals surface area contributed by atoms with Gasteiger partial charge in [0.25, 0.3) is 0 Å². The first-order valence-corrected chi connectivity index (χ1v) is 6.97. The molecule has 0 aliphatic rings. The van der Waals surface area contributed by atoms with Crippen molar-refractivity contribution in [1.29, 1.82) is 0 Å². The molecule has 0 fully saturated rings. The van der Waals surface area contributed by atoms with Gasteiger partial charge in [0.15, 0.2) is 0 Å². The number of hydrogen-bond donors (Lipinski definition) is 1. The first kappa shape index (κ1) is 14.8. The van der Waals surface area contributed by atoms with E-state index in [1.54, 1.807) is 0 Å². The summed E-state index contributed by atoms with van der Waals surface area (Å²) in [4.78, 5) is 6.65. The highest BCUT2D eigenvalue weighted by molar-refractivity contribution is 5.35. The van der Waals surface area contributed by atoms with Gasteiger partial charge < -0.3 is 10.3 Å². The van der Waals surface area contributed by atoms with Crippen LogP contribution in [0.25, 0.3) is 0 Å². The molecule has 1 aromatic carbocycles. The van der Waals surface area contributed by atoms with Crippen LogP contribution in [0.1, 0.15) is 28.6 Å². The molecule has 0 saturated carbocycles. The van der Waals surface area contributed by atoms with E-state index in [2.05, 4.69) is 49.0 Å². The summed E-state index contributed by atoms with van der Waals surface area (Å²) in [6, 6.07) is 6.64. The van der Waals surface area contributed by atoms with E-state index >= 15 is 0 Å². The number of aromatic nitrogens is 2. The second-order valence-electron chi connectivity index (χ2n) is 5.41. The monoisotopic (exact) mass is 272 g/mol. The molecule has 0 amide bonds. The Bertz CT molecular complexity index is 574. The number of aryl methyl sites for hydroxylation is 2. The van der Waals surface area contributed by atoms with Gasteiger partial charge >= 0.3 is 0 Å². The fourth-order valence-corrected chi connectivity index (χ4v) is 2.56. The Kier molecular flexibility index (Phi) is 4.57. The molecule has 0 bridgehead atoms. The van der Waals surface area contributed by atoms with Crippen molar-refractivity contribution >= 4 is 0 Å². The van der Waals surface area contributed by atoms with Gasteiger partial charge in [-0.2, -0.15) is 0 Å². The molecule has 0 aliphatic carbocycles. The molecule has 1 atom stereocenters. The Balaban J connectivity index is 2.23. The van der Waals surface area contributed by atoms with Gasteiger partial charge in [0.05, 0.1) is 6.54 Å². The molecule has 4 heteroatoms. The van der Waals surface area contributed by atoms with Gasteiger partial charge in [0.2, 0.25) is 0 Å². The third-order valence-corrected chi connectivity index (χ3v) is 4.07. The van der Waals surface area contributed by atoms with Gasteiger partial charge in [-0.05, 0) is 37.6 Å². The van der Waals surface area contributed by atoms with Gasteiger partial charge in [-0.3, -0.25) is 4.90 Å². The predicted octanol–water partition coefficient (Wildman–Crippen LogP) is 2.17. The van der Waals surface area contributed by atoms with E-state index in [0.29, 0.717) is 6.54 Å². The lowest BCUT2D eigenvalue weighted by atomic mass is 9.96. The van der Waals surface area contributed by atoms with Crippen LogP contribution in [0.5, 0.6) is 0 Å². The number of likely N-dealkylation sites (N-methyl/N-ethyl adjacent to an activating group) is 1. The minimum atomic E-state index is 0.214. The second kappa shape index (κ2) is 6.20. The van der Waals surface area contributed by atoms with Crippen molar-refractivity contribution in [2.24, 2.45) is 12.8 Å². The third-order valence-electron chi connectivity index (χ3n) is 4.07. The molecule has 2 N–H and O–H groups in total. The Hall–Kier alpha value is -1.65. The lowest BCUT2D eigenvalue weighted by Crippen LogP contribution is -2.31. The molecule has 20 heavy (non-hydrogen) atoms. The van der Waals surface area contributed by atoms with Crippen LogP contribution in [-0.2, 0) is 13.6 Å². The van der Waals surface area contributed by atoms with Crippen molar-refractivity contribution < 1.29 is 0 Å². The highest BCUT2D eigenvalue weighted by Crippen LogP contribution is 2.25. The SMILES string of the molecule is Cc1cccc(C(CN)N(C)Cc2nccn2C)c1C. The lowest BCUT2D eigenvalue weighted by molar-refractivity contribution is 0.233. The second-order valence-corrected chi connectivity index (χ2v) is 5.41. The number of nitrogens with zero attached hydrogens (tertiary/aromatic N) is 3. The minimum absolute atomic E-state index is 0.214. The number of imidazole rings is 1. The van der Waals surface area contributed by atoms with Gasteiger partial charge in [-0.25, -0.2) is 4.98 Å². The fraction of sp³-hybridized carbons (Fsp3) is 0.438. The van der Waals surface area contributed by atoms with Crippen molar-refractivity contribution in [1.82, 2.24) is 14.5 Å². The zero-order valence-electron chi connectivity index (χ0n) is 12.8. The highest BCUT2D eigenvalue weighted by Gasteiger charge is 2.19. The molecular weight excluding hydrogens is 248 g/mol. The summed E-state index contributed by atoms with van der Waals surface area (Å²) >= 11 is 0. The van der Waals surface area contributed by atoms with Crippen LogP contribution < -0.4 is 5.73 Å². The Labute approximate surface area is 121 Å². The normalized spacial score (nSPS) is 12.9. The standard InChI is InChI=1S/C16H24N4/c1-12-6-5-7-14(13(12)2)15(10-17)20(4)11-16-18-8-9-19(16)3/h5-9,15H,10-11,17H2,1-4H3. The Morgan fingerprint density at radius 1 is 1.35 bits per heavy atom. The van der Waals surface area contributed by atoms with E-state index in [4.69, 9.17) is 5.73 Å². The molecule has 2 rings (SSSR count). The Morgan fingerprint density at radius 2 is 2.10 bits per heavy atom. The van der Waals surface area contributed by atoms with Crippen LogP contribution in [0.2, 0.25) is 0 Å². The van der Waals surface area contributed by atoms with Gasteiger partial charge in [0.1, 0.15) is 5.82 Å². The highest BCUT2D eigenvalue weighted by atomic mass is 15.2. The zero-order chi connectivity index (χ0) is 14.7. The van der Waals surface area contributed by atoms with E-state index in [0.717, 1.165) is 12.4 Å². The maximum absolute atomic E-state index is 6.02. The van der Waals surface area contributed by atoms with E-state index in [9.17, 15) is 0 Å².